The van der Waals surface area contributed by atoms with Crippen LogP contribution in [0.4, 0.5) is 4.79 Å². The minimum Gasteiger partial charge on any atom is -0.394 e. The number of hydroxylamine groups is 2. The van der Waals surface area contributed by atoms with Gasteiger partial charge in [-0.15, -0.1) is 0 Å². The zero-order valence-corrected chi connectivity index (χ0v) is 26.6. The molecule has 13 heteroatoms. The Morgan fingerprint density at radius 3 is 2.31 bits per heavy atom. The maximum atomic E-state index is 13.5. The number of carbonyl (C=O) groups is 2. The lowest BCUT2D eigenvalue weighted by Crippen LogP contribution is -2.64. The summed E-state index contributed by atoms with van der Waals surface area (Å²) in [4.78, 5) is 31.7. The third-order valence-electron chi connectivity index (χ3n) is 8.91. The predicted octanol–water partition coefficient (Wildman–Crippen LogP) is 2.10. The van der Waals surface area contributed by atoms with E-state index in [1.165, 1.54) is 0 Å². The van der Waals surface area contributed by atoms with Crippen molar-refractivity contribution in [1.29, 1.82) is 0 Å². The van der Waals surface area contributed by atoms with E-state index in [0.29, 0.717) is 12.8 Å². The summed E-state index contributed by atoms with van der Waals surface area (Å²) < 4.78 is 24.5. The number of aliphatic hydroxyl groups is 4. The van der Waals surface area contributed by atoms with Crippen LogP contribution in [0.25, 0.3) is 0 Å². The van der Waals surface area contributed by atoms with E-state index in [2.05, 4.69) is 12.2 Å². The van der Waals surface area contributed by atoms with Crippen molar-refractivity contribution < 1.29 is 53.8 Å². The smallest absolute Gasteiger partial charge is 0.363 e. The Morgan fingerprint density at radius 2 is 1.64 bits per heavy atom. The molecule has 1 aliphatic carbocycles. The first-order chi connectivity index (χ1) is 21.6. The molecule has 1 aromatic carbocycles. The number of nitrogens with one attached hydrogen (secondary N) is 1. The van der Waals surface area contributed by atoms with Crippen LogP contribution in [0.5, 0.6) is 0 Å². The van der Waals surface area contributed by atoms with E-state index in [9.17, 15) is 30.0 Å². The van der Waals surface area contributed by atoms with Gasteiger partial charge in [0.25, 0.3) is 0 Å². The van der Waals surface area contributed by atoms with Gasteiger partial charge in [-0.1, -0.05) is 45.9 Å². The Hall–Kier alpha value is -2.36. The molecular formula is C32H50N2O11. The van der Waals surface area contributed by atoms with Gasteiger partial charge in [0.1, 0.15) is 24.4 Å². The van der Waals surface area contributed by atoms with Gasteiger partial charge in [0.15, 0.2) is 12.6 Å². The molecule has 1 aromatic rings. The van der Waals surface area contributed by atoms with Crippen molar-refractivity contribution in [3.63, 3.8) is 0 Å². The van der Waals surface area contributed by atoms with Gasteiger partial charge < -0.3 is 49.5 Å². The molecule has 13 nitrogen and oxygen atoms in total. The van der Waals surface area contributed by atoms with Crippen LogP contribution in [-0.2, 0) is 23.8 Å². The molecule has 5 N–H and O–H groups in total. The molecule has 4 rings (SSSR count). The zero-order chi connectivity index (χ0) is 32.7. The molecule has 1 saturated carbocycles. The maximum Gasteiger partial charge on any atom is 0.363 e. The number of urea groups is 1. The average Bonchev–Trinajstić information content (AvgIpc) is 3.03. The average molecular weight is 639 g/mol. The van der Waals surface area contributed by atoms with Crippen LogP contribution in [0.3, 0.4) is 0 Å². The van der Waals surface area contributed by atoms with E-state index in [1.807, 2.05) is 20.8 Å². The summed E-state index contributed by atoms with van der Waals surface area (Å²) in [5.41, 5.74) is 0.280. The van der Waals surface area contributed by atoms with Crippen molar-refractivity contribution in [3.8, 4) is 0 Å². The largest absolute Gasteiger partial charge is 0.394 e. The molecule has 254 valence electrons. The predicted molar refractivity (Wildman–Crippen MR) is 160 cm³/mol. The third kappa shape index (κ3) is 8.92. The lowest BCUT2D eigenvalue weighted by molar-refractivity contribution is -0.315. The molecule has 2 saturated heterocycles. The highest BCUT2D eigenvalue weighted by atomic mass is 16.7. The standard InChI is InChI=1S/C32H50N2O11/c1-5-14-34(45-29(39)20-10-8-7-9-11-20)32(40)33-22-15-19(4)27(43-30-18(3)12-13-21(6-2)41-30)26(38)28(22)44-31-24(37)16-23(36)25(17-35)42-31/h7-11,18-19,21-28,30-31,35-38H,5-6,12-17H2,1-4H3,(H,33,40). The normalized spacial score (nSPS) is 37.1. The van der Waals surface area contributed by atoms with Crippen LogP contribution in [0, 0.1) is 11.8 Å². The fourth-order valence-corrected chi connectivity index (χ4v) is 6.22. The summed E-state index contributed by atoms with van der Waals surface area (Å²) in [6, 6.07) is 6.78. The first-order valence-corrected chi connectivity index (χ1v) is 16.2. The summed E-state index contributed by atoms with van der Waals surface area (Å²) >= 11 is 0. The van der Waals surface area contributed by atoms with Crippen LogP contribution in [0.1, 0.15) is 76.6 Å². The fraction of sp³-hybridized carbons (Fsp3) is 0.750. The zero-order valence-electron chi connectivity index (χ0n) is 26.6. The second-order valence-corrected chi connectivity index (χ2v) is 12.5. The van der Waals surface area contributed by atoms with Crippen molar-refractivity contribution in [2.75, 3.05) is 13.2 Å². The molecule has 0 spiro atoms. The molecule has 12 atom stereocenters. The van der Waals surface area contributed by atoms with Crippen molar-refractivity contribution in [1.82, 2.24) is 10.4 Å². The Balaban J connectivity index is 1.54. The Morgan fingerprint density at radius 1 is 0.933 bits per heavy atom. The first-order valence-electron chi connectivity index (χ1n) is 16.2. The van der Waals surface area contributed by atoms with Gasteiger partial charge in [-0.2, -0.15) is 5.06 Å². The van der Waals surface area contributed by atoms with Crippen molar-refractivity contribution >= 4 is 12.0 Å². The van der Waals surface area contributed by atoms with Gasteiger partial charge in [0.2, 0.25) is 0 Å². The fourth-order valence-electron chi connectivity index (χ4n) is 6.22. The molecule has 2 aliphatic heterocycles. The molecule has 3 aliphatic rings. The maximum absolute atomic E-state index is 13.5. The van der Waals surface area contributed by atoms with E-state index >= 15 is 0 Å². The van der Waals surface area contributed by atoms with Crippen LogP contribution in [0.2, 0.25) is 0 Å². The van der Waals surface area contributed by atoms with Gasteiger partial charge in [0, 0.05) is 12.3 Å². The first kappa shape index (κ1) is 35.5. The highest BCUT2D eigenvalue weighted by Gasteiger charge is 2.49. The Kier molecular flexibility index (Phi) is 13.0. The second kappa shape index (κ2) is 16.5. The molecule has 0 aromatic heterocycles. The van der Waals surface area contributed by atoms with E-state index < -0.39 is 73.9 Å². The van der Waals surface area contributed by atoms with Crippen LogP contribution in [0.15, 0.2) is 30.3 Å². The van der Waals surface area contributed by atoms with Gasteiger partial charge in [0.05, 0.1) is 43.1 Å². The van der Waals surface area contributed by atoms with Crippen LogP contribution >= 0.6 is 0 Å². The third-order valence-corrected chi connectivity index (χ3v) is 8.91. The van der Waals surface area contributed by atoms with Crippen molar-refractivity contribution in [2.45, 2.75) is 128 Å². The Bertz CT molecular complexity index is 1080. The summed E-state index contributed by atoms with van der Waals surface area (Å²) in [5.74, 6) is -0.864. The number of ether oxygens (including phenoxy) is 4. The minimum absolute atomic E-state index is 0.0529. The number of rotatable bonds is 10. The Labute approximate surface area is 264 Å². The summed E-state index contributed by atoms with van der Waals surface area (Å²) in [7, 11) is 0. The second-order valence-electron chi connectivity index (χ2n) is 12.5. The van der Waals surface area contributed by atoms with Crippen LogP contribution < -0.4 is 5.32 Å². The quantitative estimate of drug-likeness (QED) is 0.237. The molecule has 12 unspecified atom stereocenters. The summed E-state index contributed by atoms with van der Waals surface area (Å²) in [5, 5.41) is 46.1. The highest BCUT2D eigenvalue weighted by molar-refractivity contribution is 5.90. The number of hydrogen-bond acceptors (Lipinski definition) is 11. The van der Waals surface area contributed by atoms with Gasteiger partial charge in [-0.3, -0.25) is 0 Å². The van der Waals surface area contributed by atoms with Gasteiger partial charge >= 0.3 is 12.0 Å². The number of aliphatic hydroxyl groups excluding tert-OH is 4. The number of hydrogen-bond donors (Lipinski definition) is 5. The van der Waals surface area contributed by atoms with E-state index in [4.69, 9.17) is 23.8 Å². The SMILES string of the molecule is CCCN(OC(=O)c1ccccc1)C(=O)NC1CC(C)C(OC2OC(CC)CCC2C)C(O)C1OC1OC(CO)C(O)CC1O. The summed E-state index contributed by atoms with van der Waals surface area (Å²) in [6.07, 6.45) is -4.97. The van der Waals surface area contributed by atoms with E-state index in [1.54, 1.807) is 30.3 Å². The highest BCUT2D eigenvalue weighted by Crippen LogP contribution is 2.36. The molecule has 2 amide bonds. The van der Waals surface area contributed by atoms with Crippen molar-refractivity contribution in [3.05, 3.63) is 35.9 Å². The topological polar surface area (TPSA) is 176 Å². The molecule has 0 radical (unpaired) electrons. The minimum atomic E-state index is -1.31. The van der Waals surface area contributed by atoms with Crippen LogP contribution in [-0.4, -0.2) is 112 Å². The molecule has 0 bridgehead atoms. The summed E-state index contributed by atoms with van der Waals surface area (Å²) in [6.45, 7) is 7.44. The molecule has 2 heterocycles. The lowest BCUT2D eigenvalue weighted by Gasteiger charge is -2.48. The van der Waals surface area contributed by atoms with Gasteiger partial charge in [-0.05, 0) is 50.2 Å². The lowest BCUT2D eigenvalue weighted by atomic mass is 9.80. The number of benzene rings is 1. The number of nitrogens with zero attached hydrogens (tertiary/aromatic N) is 1. The molecule has 3 fully saturated rings. The molecule has 45 heavy (non-hydrogen) atoms. The molecular weight excluding hydrogens is 588 g/mol. The van der Waals surface area contributed by atoms with Crippen molar-refractivity contribution in [2.24, 2.45) is 11.8 Å². The monoisotopic (exact) mass is 638 g/mol. The van der Waals surface area contributed by atoms with E-state index in [-0.39, 0.29) is 36.5 Å². The number of amides is 2. The van der Waals surface area contributed by atoms with Gasteiger partial charge in [-0.25, -0.2) is 9.59 Å². The van der Waals surface area contributed by atoms with E-state index in [0.717, 1.165) is 24.3 Å². The number of carbonyl (C=O) groups excluding carboxylic acids is 2.